The van der Waals surface area contributed by atoms with Gasteiger partial charge >= 0.3 is 0 Å². The summed E-state index contributed by atoms with van der Waals surface area (Å²) in [5.74, 6) is 0.117. The highest BCUT2D eigenvalue weighted by Crippen LogP contribution is 2.33. The minimum Gasteiger partial charge on any atom is -0.486 e. The normalized spacial score (nSPS) is 13.3. The number of halogens is 2. The van der Waals surface area contributed by atoms with E-state index in [0.717, 1.165) is 12.0 Å². The van der Waals surface area contributed by atoms with Crippen LogP contribution in [0.3, 0.4) is 0 Å². The largest absolute Gasteiger partial charge is 0.486 e. The minimum absolute atomic E-state index is 0.304. The van der Waals surface area contributed by atoms with E-state index < -0.39 is 0 Å². The average Bonchev–Trinajstić information content (AvgIpc) is 2.84. The van der Waals surface area contributed by atoms with Gasteiger partial charge in [0.1, 0.15) is 12.4 Å². The second-order valence-corrected chi connectivity index (χ2v) is 5.91. The molecule has 0 aromatic heterocycles. The maximum absolute atomic E-state index is 13.2. The van der Waals surface area contributed by atoms with Crippen molar-refractivity contribution < 1.29 is 9.13 Å². The number of hydrogen-bond donors (Lipinski definition) is 1. The standard InChI is InChI=1S/C16H15BrFNO/c17-14-7-13(18)8-15(19)16(14)20-9-10-4-5-11-2-1-3-12(11)6-10/h4-8H,1-3,9,19H2. The molecule has 0 fully saturated rings. The second kappa shape index (κ2) is 5.44. The van der Waals surface area contributed by atoms with Crippen molar-refractivity contribution in [3.63, 3.8) is 0 Å². The topological polar surface area (TPSA) is 35.2 Å². The molecule has 0 atom stereocenters. The van der Waals surface area contributed by atoms with Crippen molar-refractivity contribution in [2.45, 2.75) is 25.9 Å². The molecule has 3 rings (SSSR count). The maximum Gasteiger partial charge on any atom is 0.157 e. The van der Waals surface area contributed by atoms with Crippen molar-refractivity contribution in [1.82, 2.24) is 0 Å². The molecule has 0 radical (unpaired) electrons. The van der Waals surface area contributed by atoms with Crippen LogP contribution in [0.15, 0.2) is 34.8 Å². The molecule has 0 spiro atoms. The van der Waals surface area contributed by atoms with Gasteiger partial charge in [0.05, 0.1) is 10.2 Å². The summed E-state index contributed by atoms with van der Waals surface area (Å²) in [6, 6.07) is 9.06. The molecule has 0 heterocycles. The van der Waals surface area contributed by atoms with Crippen LogP contribution in [0.2, 0.25) is 0 Å². The Labute approximate surface area is 125 Å². The highest BCUT2D eigenvalue weighted by Gasteiger charge is 2.12. The van der Waals surface area contributed by atoms with Gasteiger partial charge in [-0.25, -0.2) is 4.39 Å². The predicted octanol–water partition coefficient (Wildman–Crippen LogP) is 4.24. The lowest BCUT2D eigenvalue weighted by molar-refractivity contribution is 0.305. The Balaban J connectivity index is 1.77. The average molecular weight is 336 g/mol. The summed E-state index contributed by atoms with van der Waals surface area (Å²) >= 11 is 3.28. The first-order valence-corrected chi connectivity index (χ1v) is 7.41. The number of nitrogen functional groups attached to an aromatic ring is 1. The molecular formula is C16H15BrFNO. The van der Waals surface area contributed by atoms with Crippen LogP contribution in [0.25, 0.3) is 0 Å². The Bertz CT molecular complexity index is 634. The van der Waals surface area contributed by atoms with E-state index in [9.17, 15) is 4.39 Å². The van der Waals surface area contributed by atoms with Gasteiger partial charge in [0.15, 0.2) is 5.75 Å². The molecule has 2 N–H and O–H groups in total. The number of ether oxygens (including phenoxy) is 1. The van der Waals surface area contributed by atoms with Crippen LogP contribution < -0.4 is 10.5 Å². The quantitative estimate of drug-likeness (QED) is 0.851. The molecule has 0 aliphatic heterocycles. The van der Waals surface area contributed by atoms with Crippen molar-refractivity contribution in [2.24, 2.45) is 0 Å². The molecule has 1 aliphatic rings. The minimum atomic E-state index is -0.376. The van der Waals surface area contributed by atoms with Crippen LogP contribution >= 0.6 is 15.9 Å². The number of anilines is 1. The summed E-state index contributed by atoms with van der Waals surface area (Å²) in [5.41, 5.74) is 10.1. The number of fused-ring (bicyclic) bond motifs is 1. The van der Waals surface area contributed by atoms with Crippen LogP contribution in [0.4, 0.5) is 10.1 Å². The molecule has 0 amide bonds. The Morgan fingerprint density at radius 2 is 1.95 bits per heavy atom. The lowest BCUT2D eigenvalue weighted by Crippen LogP contribution is -2.01. The molecule has 0 saturated heterocycles. The van der Waals surface area contributed by atoms with Crippen molar-refractivity contribution in [1.29, 1.82) is 0 Å². The van der Waals surface area contributed by atoms with Crippen LogP contribution in [-0.2, 0) is 19.4 Å². The molecular weight excluding hydrogens is 321 g/mol. The van der Waals surface area contributed by atoms with Gasteiger partial charge in [0.25, 0.3) is 0 Å². The summed E-state index contributed by atoms with van der Waals surface area (Å²) in [4.78, 5) is 0. The third kappa shape index (κ3) is 2.66. The van der Waals surface area contributed by atoms with E-state index in [1.54, 1.807) is 0 Å². The lowest BCUT2D eigenvalue weighted by atomic mass is 10.1. The fourth-order valence-electron chi connectivity index (χ4n) is 2.60. The summed E-state index contributed by atoms with van der Waals surface area (Å²) in [5, 5.41) is 0. The fourth-order valence-corrected chi connectivity index (χ4v) is 3.17. The zero-order valence-corrected chi connectivity index (χ0v) is 12.5. The lowest BCUT2D eigenvalue weighted by Gasteiger charge is -2.12. The van der Waals surface area contributed by atoms with Gasteiger partial charge in [0, 0.05) is 6.07 Å². The summed E-state index contributed by atoms with van der Waals surface area (Å²) in [7, 11) is 0. The van der Waals surface area contributed by atoms with Gasteiger partial charge in [-0.2, -0.15) is 0 Å². The Morgan fingerprint density at radius 3 is 2.75 bits per heavy atom. The molecule has 20 heavy (non-hydrogen) atoms. The molecule has 104 valence electrons. The highest BCUT2D eigenvalue weighted by molar-refractivity contribution is 9.10. The third-order valence-corrected chi connectivity index (χ3v) is 4.17. The number of aryl methyl sites for hydroxylation is 2. The second-order valence-electron chi connectivity index (χ2n) is 5.05. The van der Waals surface area contributed by atoms with Crippen molar-refractivity contribution in [3.8, 4) is 5.75 Å². The molecule has 0 saturated carbocycles. The number of benzene rings is 2. The Kier molecular flexibility index (Phi) is 3.66. The van der Waals surface area contributed by atoms with Crippen LogP contribution in [-0.4, -0.2) is 0 Å². The number of rotatable bonds is 3. The van der Waals surface area contributed by atoms with Gasteiger partial charge in [-0.05, 0) is 57.9 Å². The summed E-state index contributed by atoms with van der Waals surface area (Å²) < 4.78 is 19.4. The van der Waals surface area contributed by atoms with Crippen LogP contribution in [0.1, 0.15) is 23.1 Å². The maximum atomic E-state index is 13.2. The zero-order chi connectivity index (χ0) is 14.1. The molecule has 2 nitrogen and oxygen atoms in total. The van der Waals surface area contributed by atoms with E-state index in [1.807, 2.05) is 0 Å². The van der Waals surface area contributed by atoms with E-state index >= 15 is 0 Å². The molecule has 4 heteroatoms. The molecule has 0 unspecified atom stereocenters. The third-order valence-electron chi connectivity index (χ3n) is 3.58. The van der Waals surface area contributed by atoms with E-state index in [2.05, 4.69) is 34.1 Å². The van der Waals surface area contributed by atoms with Gasteiger partial charge in [-0.1, -0.05) is 18.2 Å². The van der Waals surface area contributed by atoms with Crippen molar-refractivity contribution in [3.05, 3.63) is 57.3 Å². The van der Waals surface area contributed by atoms with Gasteiger partial charge in [-0.3, -0.25) is 0 Å². The van der Waals surface area contributed by atoms with Crippen LogP contribution in [0.5, 0.6) is 5.75 Å². The van der Waals surface area contributed by atoms with Crippen molar-refractivity contribution in [2.75, 3.05) is 5.73 Å². The Hall–Kier alpha value is -1.55. The van der Waals surface area contributed by atoms with Gasteiger partial charge in [-0.15, -0.1) is 0 Å². The number of nitrogens with two attached hydrogens (primary N) is 1. The van der Waals surface area contributed by atoms with E-state index in [-0.39, 0.29) is 5.82 Å². The van der Waals surface area contributed by atoms with E-state index in [1.165, 1.54) is 36.1 Å². The predicted molar refractivity (Wildman–Crippen MR) is 81.3 cm³/mol. The van der Waals surface area contributed by atoms with Crippen LogP contribution in [0, 0.1) is 5.82 Å². The Morgan fingerprint density at radius 1 is 1.15 bits per heavy atom. The zero-order valence-electron chi connectivity index (χ0n) is 11.0. The molecule has 1 aliphatic carbocycles. The van der Waals surface area contributed by atoms with E-state index in [4.69, 9.17) is 10.5 Å². The highest BCUT2D eigenvalue weighted by atomic mass is 79.9. The first kappa shape index (κ1) is 13.4. The SMILES string of the molecule is Nc1cc(F)cc(Br)c1OCc1ccc2c(c1)CCC2. The summed E-state index contributed by atoms with van der Waals surface area (Å²) in [6.45, 7) is 0.432. The van der Waals surface area contributed by atoms with Gasteiger partial charge < -0.3 is 10.5 Å². The first-order chi connectivity index (χ1) is 9.63. The molecule has 0 bridgehead atoms. The molecule has 2 aromatic rings. The smallest absolute Gasteiger partial charge is 0.157 e. The van der Waals surface area contributed by atoms with Gasteiger partial charge in [0.2, 0.25) is 0 Å². The summed E-state index contributed by atoms with van der Waals surface area (Å²) in [6.07, 6.45) is 3.55. The monoisotopic (exact) mass is 335 g/mol. The number of hydrogen-bond acceptors (Lipinski definition) is 2. The van der Waals surface area contributed by atoms with Crippen molar-refractivity contribution >= 4 is 21.6 Å². The van der Waals surface area contributed by atoms with E-state index in [0.29, 0.717) is 22.5 Å². The fraction of sp³-hybridized carbons (Fsp3) is 0.250. The first-order valence-electron chi connectivity index (χ1n) is 6.61. The molecule has 2 aromatic carbocycles.